The number of esters is 1. The van der Waals surface area contributed by atoms with Crippen LogP contribution in [0.25, 0.3) is 10.2 Å². The number of carbonyl (C=O) groups is 2. The lowest BCUT2D eigenvalue weighted by molar-refractivity contribution is -0.145. The minimum absolute atomic E-state index is 0.152. The Morgan fingerprint density at radius 2 is 2.19 bits per heavy atom. The highest BCUT2D eigenvalue weighted by Crippen LogP contribution is 2.35. The Hall–Kier alpha value is -2.26. The number of nitrogens with one attached hydrogen (secondary N) is 1. The van der Waals surface area contributed by atoms with Gasteiger partial charge in [-0.3, -0.25) is 4.79 Å². The van der Waals surface area contributed by atoms with E-state index in [0.717, 1.165) is 22.2 Å². The van der Waals surface area contributed by atoms with Gasteiger partial charge in [0.25, 0.3) is 5.91 Å². The molecule has 0 spiro atoms. The molecule has 3 rings (SSSR count). The minimum atomic E-state index is -0.512. The number of rotatable bonds is 6. The van der Waals surface area contributed by atoms with E-state index in [1.807, 2.05) is 6.92 Å². The normalized spacial score (nSPS) is 16.9. The molecule has 1 amide bonds. The number of anilines is 1. The molecule has 9 heteroatoms. The number of thiophene rings is 1. The number of aromatic nitrogens is 2. The van der Waals surface area contributed by atoms with Crippen molar-refractivity contribution in [2.24, 2.45) is 0 Å². The molecule has 0 aliphatic carbocycles. The van der Waals surface area contributed by atoms with Gasteiger partial charge in [0.15, 0.2) is 0 Å². The highest BCUT2D eigenvalue weighted by Gasteiger charge is 2.36. The second kappa shape index (κ2) is 7.96. The Labute approximate surface area is 155 Å². The molecule has 1 atom stereocenters. The van der Waals surface area contributed by atoms with E-state index in [1.165, 1.54) is 24.8 Å². The molecular formula is C17H22N4O4S. The maximum atomic E-state index is 13.1. The molecule has 1 N–H and O–H groups in total. The first kappa shape index (κ1) is 18.5. The summed E-state index contributed by atoms with van der Waals surface area (Å²) in [5.74, 6) is 0.170. The summed E-state index contributed by atoms with van der Waals surface area (Å²) in [6.07, 6.45) is 2.90. The number of nitrogens with zero attached hydrogens (tertiary/aromatic N) is 3. The molecule has 26 heavy (non-hydrogen) atoms. The Balaban J connectivity index is 1.93. The third-order valence-electron chi connectivity index (χ3n) is 4.51. The number of carbonyl (C=O) groups excluding carboxylic acids is 2. The number of likely N-dealkylation sites (tertiary alicyclic amines) is 1. The molecule has 3 heterocycles. The van der Waals surface area contributed by atoms with Crippen LogP contribution in [-0.2, 0) is 14.3 Å². The molecule has 1 saturated heterocycles. The Morgan fingerprint density at radius 3 is 2.92 bits per heavy atom. The topological polar surface area (TPSA) is 93.6 Å². The largest absolute Gasteiger partial charge is 0.467 e. The van der Waals surface area contributed by atoms with Crippen LogP contribution in [0.3, 0.4) is 0 Å². The average molecular weight is 378 g/mol. The van der Waals surface area contributed by atoms with Crippen molar-refractivity contribution >= 4 is 39.2 Å². The Morgan fingerprint density at radius 1 is 1.38 bits per heavy atom. The van der Waals surface area contributed by atoms with Gasteiger partial charge < -0.3 is 19.7 Å². The van der Waals surface area contributed by atoms with E-state index in [-0.39, 0.29) is 11.9 Å². The zero-order valence-electron chi connectivity index (χ0n) is 15.1. The van der Waals surface area contributed by atoms with Gasteiger partial charge >= 0.3 is 5.97 Å². The van der Waals surface area contributed by atoms with Crippen LogP contribution in [0, 0.1) is 6.92 Å². The maximum Gasteiger partial charge on any atom is 0.328 e. The molecule has 0 saturated carbocycles. The number of amides is 1. The standard InChI is InChI=1S/C17H22N4O4S/c1-10-12-14(18-6-8-24-2)19-9-20-15(12)26-13(10)16(22)21-7-4-5-11(21)17(23)25-3/h9,11H,4-8H2,1-3H3,(H,18,19,20)/t11-/m0/s1. The number of hydrogen-bond donors (Lipinski definition) is 1. The molecule has 1 aliphatic heterocycles. The monoisotopic (exact) mass is 378 g/mol. The number of fused-ring (bicyclic) bond motifs is 1. The second-order valence-corrected chi connectivity index (χ2v) is 7.06. The summed E-state index contributed by atoms with van der Waals surface area (Å²) < 4.78 is 9.89. The van der Waals surface area contributed by atoms with Crippen LogP contribution in [-0.4, -0.2) is 66.7 Å². The summed E-state index contributed by atoms with van der Waals surface area (Å²) >= 11 is 1.33. The van der Waals surface area contributed by atoms with Crippen molar-refractivity contribution in [3.63, 3.8) is 0 Å². The van der Waals surface area contributed by atoms with Crippen molar-refractivity contribution in [3.8, 4) is 0 Å². The van der Waals surface area contributed by atoms with Crippen molar-refractivity contribution < 1.29 is 19.1 Å². The van der Waals surface area contributed by atoms with E-state index < -0.39 is 6.04 Å². The third-order valence-corrected chi connectivity index (χ3v) is 5.69. The van der Waals surface area contributed by atoms with E-state index in [9.17, 15) is 9.59 Å². The van der Waals surface area contributed by atoms with Gasteiger partial charge in [-0.15, -0.1) is 11.3 Å². The van der Waals surface area contributed by atoms with Crippen molar-refractivity contribution in [1.82, 2.24) is 14.9 Å². The second-order valence-electron chi connectivity index (χ2n) is 6.06. The van der Waals surface area contributed by atoms with E-state index in [4.69, 9.17) is 9.47 Å². The summed E-state index contributed by atoms with van der Waals surface area (Å²) in [6.45, 7) is 3.60. The zero-order valence-corrected chi connectivity index (χ0v) is 15.9. The van der Waals surface area contributed by atoms with Gasteiger partial charge in [0.2, 0.25) is 0 Å². The lowest BCUT2D eigenvalue weighted by atomic mass is 10.1. The van der Waals surface area contributed by atoms with E-state index >= 15 is 0 Å². The first-order valence-corrected chi connectivity index (χ1v) is 9.25. The number of ether oxygens (including phenoxy) is 2. The quantitative estimate of drug-likeness (QED) is 0.605. The SMILES string of the molecule is COCCNc1ncnc2sc(C(=O)N3CCC[C@H]3C(=O)OC)c(C)c12. The molecule has 8 nitrogen and oxygen atoms in total. The number of methoxy groups -OCH3 is 2. The van der Waals surface area contributed by atoms with Crippen LogP contribution < -0.4 is 5.32 Å². The molecule has 0 aromatic carbocycles. The Bertz CT molecular complexity index is 822. The molecule has 0 bridgehead atoms. The van der Waals surface area contributed by atoms with Gasteiger partial charge in [-0.05, 0) is 25.3 Å². The zero-order chi connectivity index (χ0) is 18.7. The minimum Gasteiger partial charge on any atom is -0.467 e. The summed E-state index contributed by atoms with van der Waals surface area (Å²) in [6, 6.07) is -0.512. The van der Waals surface area contributed by atoms with Gasteiger partial charge in [-0.25, -0.2) is 14.8 Å². The van der Waals surface area contributed by atoms with E-state index in [0.29, 0.717) is 36.8 Å². The highest BCUT2D eigenvalue weighted by atomic mass is 32.1. The van der Waals surface area contributed by atoms with E-state index in [1.54, 1.807) is 12.0 Å². The van der Waals surface area contributed by atoms with Crippen LogP contribution in [0.15, 0.2) is 6.33 Å². The molecule has 1 fully saturated rings. The fraction of sp³-hybridized carbons (Fsp3) is 0.529. The van der Waals surface area contributed by atoms with E-state index in [2.05, 4.69) is 15.3 Å². The van der Waals surface area contributed by atoms with Crippen molar-refractivity contribution in [3.05, 3.63) is 16.8 Å². The van der Waals surface area contributed by atoms with Gasteiger partial charge in [-0.2, -0.15) is 0 Å². The molecule has 0 radical (unpaired) electrons. The van der Waals surface area contributed by atoms with Crippen molar-refractivity contribution in [2.45, 2.75) is 25.8 Å². The van der Waals surface area contributed by atoms with Gasteiger partial charge in [0.05, 0.1) is 24.0 Å². The maximum absolute atomic E-state index is 13.1. The summed E-state index contributed by atoms with van der Waals surface area (Å²) in [5, 5.41) is 4.06. The first-order valence-electron chi connectivity index (χ1n) is 8.44. The summed E-state index contributed by atoms with van der Waals surface area (Å²) in [5.41, 5.74) is 0.825. The van der Waals surface area contributed by atoms with Gasteiger partial charge in [0, 0.05) is 20.2 Å². The van der Waals surface area contributed by atoms with Crippen molar-refractivity contribution in [2.75, 3.05) is 39.2 Å². The molecule has 2 aromatic rings. The Kier molecular flexibility index (Phi) is 5.67. The summed E-state index contributed by atoms with van der Waals surface area (Å²) in [4.78, 5) is 36.6. The molecule has 1 aliphatic rings. The first-order chi connectivity index (χ1) is 12.6. The smallest absolute Gasteiger partial charge is 0.328 e. The van der Waals surface area contributed by atoms with Crippen molar-refractivity contribution in [1.29, 1.82) is 0 Å². The van der Waals surface area contributed by atoms with Crippen LogP contribution >= 0.6 is 11.3 Å². The third kappa shape index (κ3) is 3.36. The molecular weight excluding hydrogens is 356 g/mol. The predicted molar refractivity (Wildman–Crippen MR) is 98.6 cm³/mol. The van der Waals surface area contributed by atoms with Crippen LogP contribution in [0.5, 0.6) is 0 Å². The molecule has 0 unspecified atom stereocenters. The number of aryl methyl sites for hydroxylation is 1. The lowest BCUT2D eigenvalue weighted by Crippen LogP contribution is -2.41. The number of hydrogen-bond acceptors (Lipinski definition) is 8. The van der Waals surface area contributed by atoms with Crippen LogP contribution in [0.4, 0.5) is 5.82 Å². The lowest BCUT2D eigenvalue weighted by Gasteiger charge is -2.22. The molecule has 2 aromatic heterocycles. The van der Waals surface area contributed by atoms with Gasteiger partial charge in [-0.1, -0.05) is 0 Å². The van der Waals surface area contributed by atoms with Crippen LogP contribution in [0.2, 0.25) is 0 Å². The highest BCUT2D eigenvalue weighted by molar-refractivity contribution is 7.20. The summed E-state index contributed by atoms with van der Waals surface area (Å²) in [7, 11) is 2.99. The fourth-order valence-corrected chi connectivity index (χ4v) is 4.31. The van der Waals surface area contributed by atoms with Crippen LogP contribution in [0.1, 0.15) is 28.1 Å². The average Bonchev–Trinajstić information content (AvgIpc) is 3.26. The predicted octanol–water partition coefficient (Wildman–Crippen LogP) is 1.84. The molecule has 140 valence electrons. The van der Waals surface area contributed by atoms with Gasteiger partial charge in [0.1, 0.15) is 23.0 Å². The fourth-order valence-electron chi connectivity index (χ4n) is 3.20.